The van der Waals surface area contributed by atoms with Gasteiger partial charge in [-0.1, -0.05) is 0 Å². The smallest absolute Gasteiger partial charge is 0.254 e. The first kappa shape index (κ1) is 16.8. The van der Waals surface area contributed by atoms with E-state index in [1.807, 2.05) is 11.0 Å². The summed E-state index contributed by atoms with van der Waals surface area (Å²) >= 11 is 0. The molecular formula is C20H22FN3O2. The Balaban J connectivity index is 1.43. The molecule has 2 aromatic rings. The zero-order valence-corrected chi connectivity index (χ0v) is 14.8. The van der Waals surface area contributed by atoms with Gasteiger partial charge in [0, 0.05) is 48.7 Å². The fourth-order valence-electron chi connectivity index (χ4n) is 4.14. The molecule has 2 aliphatic rings. The average Bonchev–Trinajstić information content (AvgIpc) is 3.03. The number of piperidine rings is 1. The fourth-order valence-corrected chi connectivity index (χ4v) is 4.14. The molecule has 136 valence electrons. The Hall–Kier alpha value is -2.63. The molecule has 1 fully saturated rings. The van der Waals surface area contributed by atoms with Crippen LogP contribution in [0.5, 0.6) is 0 Å². The first-order chi connectivity index (χ1) is 12.5. The first-order valence-corrected chi connectivity index (χ1v) is 9.06. The maximum absolute atomic E-state index is 13.4. The van der Waals surface area contributed by atoms with Crippen LogP contribution in [0.3, 0.4) is 0 Å². The molecule has 0 spiro atoms. The third-order valence-electron chi connectivity index (χ3n) is 5.39. The van der Waals surface area contributed by atoms with E-state index in [9.17, 15) is 14.0 Å². The summed E-state index contributed by atoms with van der Waals surface area (Å²) in [4.78, 5) is 31.1. The molecule has 0 saturated carbocycles. The monoisotopic (exact) mass is 355 g/mol. The predicted octanol–water partition coefficient (Wildman–Crippen LogP) is 2.49. The third kappa shape index (κ3) is 3.11. The quantitative estimate of drug-likeness (QED) is 0.900. The minimum Gasteiger partial charge on any atom is -0.368 e. The lowest BCUT2D eigenvalue weighted by atomic mass is 10.0. The summed E-state index contributed by atoms with van der Waals surface area (Å²) in [7, 11) is 0. The molecule has 1 aromatic carbocycles. The average molecular weight is 355 g/mol. The number of likely N-dealkylation sites (tertiary alicyclic amines) is 1. The molecule has 1 N–H and O–H groups in total. The van der Waals surface area contributed by atoms with Gasteiger partial charge in [-0.25, -0.2) is 4.39 Å². The molecule has 0 bridgehead atoms. The number of rotatable bonds is 2. The summed E-state index contributed by atoms with van der Waals surface area (Å²) in [6.45, 7) is 4.02. The van der Waals surface area contributed by atoms with E-state index in [1.165, 1.54) is 12.1 Å². The summed E-state index contributed by atoms with van der Waals surface area (Å²) < 4.78 is 13.4. The molecule has 0 radical (unpaired) electrons. The largest absolute Gasteiger partial charge is 0.368 e. The number of aryl methyl sites for hydroxylation is 1. The number of hydrogen-bond donors (Lipinski definition) is 1. The number of carbonyl (C=O) groups excluding carboxylic acids is 1. The Kier molecular flexibility index (Phi) is 4.26. The van der Waals surface area contributed by atoms with Crippen LogP contribution >= 0.6 is 0 Å². The molecular weight excluding hydrogens is 333 g/mol. The van der Waals surface area contributed by atoms with Crippen LogP contribution < -0.4 is 10.5 Å². The summed E-state index contributed by atoms with van der Waals surface area (Å²) in [6.07, 6.45) is 2.63. The van der Waals surface area contributed by atoms with Crippen LogP contribution in [0.15, 0.2) is 35.1 Å². The van der Waals surface area contributed by atoms with E-state index in [2.05, 4.69) is 9.88 Å². The van der Waals surface area contributed by atoms with E-state index in [4.69, 9.17) is 0 Å². The van der Waals surface area contributed by atoms with E-state index in [0.717, 1.165) is 37.1 Å². The van der Waals surface area contributed by atoms with Crippen molar-refractivity contribution in [1.29, 1.82) is 0 Å². The number of benzene rings is 1. The zero-order chi connectivity index (χ0) is 18.3. The number of H-pyrrole nitrogens is 1. The third-order valence-corrected chi connectivity index (χ3v) is 5.39. The van der Waals surface area contributed by atoms with Crippen LogP contribution in [0.1, 0.15) is 34.5 Å². The molecule has 5 nitrogen and oxygen atoms in total. The molecule has 26 heavy (non-hydrogen) atoms. The van der Waals surface area contributed by atoms with Crippen molar-refractivity contribution in [2.75, 3.05) is 24.5 Å². The van der Waals surface area contributed by atoms with Gasteiger partial charge in [0.05, 0.1) is 0 Å². The van der Waals surface area contributed by atoms with E-state index >= 15 is 0 Å². The number of aromatic nitrogens is 1. The molecule has 0 atom stereocenters. The lowest BCUT2D eigenvalue weighted by molar-refractivity contribution is 0.0712. The Morgan fingerprint density at radius 3 is 2.65 bits per heavy atom. The number of hydrogen-bond acceptors (Lipinski definition) is 3. The van der Waals surface area contributed by atoms with Crippen molar-refractivity contribution in [3.8, 4) is 0 Å². The molecule has 1 saturated heterocycles. The molecule has 1 amide bonds. The number of halogens is 1. The van der Waals surface area contributed by atoms with Gasteiger partial charge in [0.2, 0.25) is 5.56 Å². The highest BCUT2D eigenvalue weighted by molar-refractivity contribution is 5.94. The van der Waals surface area contributed by atoms with Gasteiger partial charge in [0.1, 0.15) is 5.82 Å². The minimum absolute atomic E-state index is 0.0819. The van der Waals surface area contributed by atoms with Crippen molar-refractivity contribution in [2.45, 2.75) is 32.2 Å². The van der Waals surface area contributed by atoms with Crippen LogP contribution in [0.25, 0.3) is 0 Å². The molecule has 0 aliphatic carbocycles. The van der Waals surface area contributed by atoms with E-state index < -0.39 is 0 Å². The normalized spacial score (nSPS) is 17.5. The molecule has 3 heterocycles. The second kappa shape index (κ2) is 6.59. The lowest BCUT2D eigenvalue weighted by Gasteiger charge is -2.38. The topological polar surface area (TPSA) is 56.4 Å². The number of anilines is 1. The number of fused-ring (bicyclic) bond motifs is 1. The van der Waals surface area contributed by atoms with Gasteiger partial charge >= 0.3 is 0 Å². The SMILES string of the molecule is Cc1cc(C(=O)N2CCC(N3CCc4cc(F)ccc43)CC2)cc(=O)[nH]1. The van der Waals surface area contributed by atoms with Gasteiger partial charge in [-0.05, 0) is 56.0 Å². The Bertz CT molecular complexity index is 900. The number of nitrogens with one attached hydrogen (secondary N) is 1. The summed E-state index contributed by atoms with van der Waals surface area (Å²) in [5, 5.41) is 0. The minimum atomic E-state index is -0.246. The highest BCUT2D eigenvalue weighted by Gasteiger charge is 2.31. The molecule has 0 unspecified atom stereocenters. The Labute approximate surface area is 151 Å². The number of nitrogens with zero attached hydrogens (tertiary/aromatic N) is 2. The fraction of sp³-hybridized carbons (Fsp3) is 0.400. The molecule has 4 rings (SSSR count). The van der Waals surface area contributed by atoms with Gasteiger partial charge in [-0.2, -0.15) is 0 Å². The van der Waals surface area contributed by atoms with Crippen molar-refractivity contribution < 1.29 is 9.18 Å². The lowest BCUT2D eigenvalue weighted by Crippen LogP contribution is -2.46. The van der Waals surface area contributed by atoms with Crippen LogP contribution in [-0.4, -0.2) is 41.5 Å². The number of pyridine rings is 1. The highest BCUT2D eigenvalue weighted by Crippen LogP contribution is 2.33. The van der Waals surface area contributed by atoms with Crippen LogP contribution in [0.4, 0.5) is 10.1 Å². The zero-order valence-electron chi connectivity index (χ0n) is 14.8. The van der Waals surface area contributed by atoms with Crippen molar-refractivity contribution in [3.05, 3.63) is 63.3 Å². The van der Waals surface area contributed by atoms with Gasteiger partial charge in [0.15, 0.2) is 0 Å². The van der Waals surface area contributed by atoms with Crippen LogP contribution in [0.2, 0.25) is 0 Å². The second-order valence-electron chi connectivity index (χ2n) is 7.16. The second-order valence-corrected chi connectivity index (χ2v) is 7.16. The van der Waals surface area contributed by atoms with Gasteiger partial charge in [-0.3, -0.25) is 9.59 Å². The summed E-state index contributed by atoms with van der Waals surface area (Å²) in [5.41, 5.74) is 3.09. The summed E-state index contributed by atoms with van der Waals surface area (Å²) in [5.74, 6) is -0.263. The standard InChI is InChI=1S/C20H22FN3O2/c1-13-10-15(12-19(25)22-13)20(26)23-7-5-17(6-8-23)24-9-4-14-11-16(21)2-3-18(14)24/h2-3,10-12,17H,4-9H2,1H3,(H,22,25). The number of aromatic amines is 1. The van der Waals surface area contributed by atoms with E-state index in [-0.39, 0.29) is 17.3 Å². The van der Waals surface area contributed by atoms with Gasteiger partial charge < -0.3 is 14.8 Å². The van der Waals surface area contributed by atoms with E-state index in [1.54, 1.807) is 19.1 Å². The highest BCUT2D eigenvalue weighted by atomic mass is 19.1. The van der Waals surface area contributed by atoms with Gasteiger partial charge in [0.25, 0.3) is 5.91 Å². The maximum atomic E-state index is 13.4. The Morgan fingerprint density at radius 2 is 1.92 bits per heavy atom. The summed E-state index contributed by atoms with van der Waals surface area (Å²) in [6, 6.07) is 8.47. The van der Waals surface area contributed by atoms with E-state index in [0.29, 0.717) is 30.4 Å². The van der Waals surface area contributed by atoms with Crippen molar-refractivity contribution >= 4 is 11.6 Å². The van der Waals surface area contributed by atoms with Crippen LogP contribution in [-0.2, 0) is 6.42 Å². The maximum Gasteiger partial charge on any atom is 0.254 e. The van der Waals surface area contributed by atoms with Crippen molar-refractivity contribution in [3.63, 3.8) is 0 Å². The van der Waals surface area contributed by atoms with Gasteiger partial charge in [-0.15, -0.1) is 0 Å². The van der Waals surface area contributed by atoms with Crippen LogP contribution in [0, 0.1) is 12.7 Å². The Morgan fingerprint density at radius 1 is 1.15 bits per heavy atom. The van der Waals surface area contributed by atoms with Crippen molar-refractivity contribution in [1.82, 2.24) is 9.88 Å². The predicted molar refractivity (Wildman–Crippen MR) is 98.2 cm³/mol. The number of amides is 1. The van der Waals surface area contributed by atoms with Crippen molar-refractivity contribution in [2.24, 2.45) is 0 Å². The molecule has 6 heteroatoms. The molecule has 2 aliphatic heterocycles. The molecule has 1 aromatic heterocycles. The first-order valence-electron chi connectivity index (χ1n) is 9.06. The number of carbonyl (C=O) groups is 1.